The van der Waals surface area contributed by atoms with Crippen LogP contribution in [0, 0.1) is 0 Å². The summed E-state index contributed by atoms with van der Waals surface area (Å²) in [6.07, 6.45) is 2.47. The van der Waals surface area contributed by atoms with Crippen LogP contribution < -0.4 is 5.32 Å². The minimum Gasteiger partial charge on any atom is -0.480 e. The number of carboxylic acid groups (broad SMARTS) is 1. The van der Waals surface area contributed by atoms with Crippen LogP contribution in [0.25, 0.3) is 0 Å². The molecule has 0 spiro atoms. The highest BCUT2D eigenvalue weighted by atomic mass is 32.2. The van der Waals surface area contributed by atoms with Gasteiger partial charge in [0.1, 0.15) is 6.04 Å². The lowest BCUT2D eigenvalue weighted by atomic mass is 10.3. The summed E-state index contributed by atoms with van der Waals surface area (Å²) in [7, 11) is 0. The normalized spacial score (nSPS) is 24.4. The molecule has 2 heterocycles. The maximum absolute atomic E-state index is 11.9. The van der Waals surface area contributed by atoms with Gasteiger partial charge in [-0.2, -0.15) is 0 Å². The van der Waals surface area contributed by atoms with Gasteiger partial charge in [-0.25, -0.2) is 9.59 Å². The van der Waals surface area contributed by atoms with E-state index < -0.39 is 12.0 Å². The van der Waals surface area contributed by atoms with Gasteiger partial charge in [0.2, 0.25) is 0 Å². The van der Waals surface area contributed by atoms with Gasteiger partial charge >= 0.3 is 12.0 Å². The highest BCUT2D eigenvalue weighted by molar-refractivity contribution is 7.99. The Bertz CT molecular complexity index is 321. The second kappa shape index (κ2) is 6.29. The van der Waals surface area contributed by atoms with Crippen LogP contribution >= 0.6 is 11.8 Å². The fourth-order valence-electron chi connectivity index (χ4n) is 2.28. The number of nitrogens with one attached hydrogen (secondary N) is 1. The number of likely N-dealkylation sites (tertiary alicyclic amines) is 1. The number of carbonyl (C=O) groups is 2. The number of thioether (sulfide) groups is 1. The van der Waals surface area contributed by atoms with E-state index >= 15 is 0 Å². The smallest absolute Gasteiger partial charge is 0.327 e. The largest absolute Gasteiger partial charge is 0.480 e. The van der Waals surface area contributed by atoms with E-state index in [9.17, 15) is 9.59 Å². The molecule has 2 fully saturated rings. The Labute approximate surface area is 111 Å². The Balaban J connectivity index is 1.71. The van der Waals surface area contributed by atoms with Crippen LogP contribution in [-0.4, -0.2) is 70.8 Å². The fourth-order valence-corrected chi connectivity index (χ4v) is 3.42. The zero-order chi connectivity index (χ0) is 13.0. The molecule has 2 saturated heterocycles. The number of amides is 2. The van der Waals surface area contributed by atoms with E-state index in [1.54, 1.807) is 0 Å². The van der Waals surface area contributed by atoms with Gasteiger partial charge in [0.15, 0.2) is 0 Å². The molecule has 2 aliphatic heterocycles. The molecule has 2 rings (SSSR count). The highest BCUT2D eigenvalue weighted by Gasteiger charge is 2.34. The van der Waals surface area contributed by atoms with Crippen molar-refractivity contribution in [2.45, 2.75) is 18.9 Å². The maximum Gasteiger partial charge on any atom is 0.327 e. The summed E-state index contributed by atoms with van der Waals surface area (Å²) in [6, 6.07) is -0.937. The molecule has 0 radical (unpaired) electrons. The molecule has 0 aromatic rings. The predicted molar refractivity (Wildman–Crippen MR) is 69.7 cm³/mol. The van der Waals surface area contributed by atoms with E-state index in [0.29, 0.717) is 18.2 Å². The van der Waals surface area contributed by atoms with Crippen molar-refractivity contribution in [1.29, 1.82) is 0 Å². The molecular formula is C11H19N3O3S. The van der Waals surface area contributed by atoms with Crippen LogP contribution in [0.5, 0.6) is 0 Å². The highest BCUT2D eigenvalue weighted by Crippen LogP contribution is 2.20. The Morgan fingerprint density at radius 2 is 2.06 bits per heavy atom. The van der Waals surface area contributed by atoms with Crippen molar-refractivity contribution in [3.8, 4) is 0 Å². The third-order valence-corrected chi connectivity index (χ3v) is 4.34. The summed E-state index contributed by atoms with van der Waals surface area (Å²) in [5, 5.41) is 11.8. The van der Waals surface area contributed by atoms with Crippen molar-refractivity contribution in [2.75, 3.05) is 37.8 Å². The molecule has 0 saturated carbocycles. The van der Waals surface area contributed by atoms with Gasteiger partial charge < -0.3 is 20.2 Å². The molecule has 1 atom stereocenters. The molecule has 0 unspecified atom stereocenters. The summed E-state index contributed by atoms with van der Waals surface area (Å²) < 4.78 is 0. The minimum atomic E-state index is -0.922. The van der Waals surface area contributed by atoms with Crippen LogP contribution in [0.15, 0.2) is 0 Å². The number of aliphatic carboxylic acids is 1. The van der Waals surface area contributed by atoms with Crippen LogP contribution in [0.2, 0.25) is 0 Å². The lowest BCUT2D eigenvalue weighted by Gasteiger charge is -2.22. The number of carbonyl (C=O) groups excluding carboxylic acids is 1. The van der Waals surface area contributed by atoms with Gasteiger partial charge in [-0.05, 0) is 25.9 Å². The molecule has 2 amide bonds. The molecule has 0 bridgehead atoms. The topological polar surface area (TPSA) is 72.9 Å². The zero-order valence-corrected chi connectivity index (χ0v) is 11.1. The van der Waals surface area contributed by atoms with Crippen molar-refractivity contribution in [1.82, 2.24) is 15.1 Å². The molecule has 2 N–H and O–H groups in total. The SMILES string of the molecule is O=C(O)[C@@H]1CSCN1C(=O)NCCN1CCCC1. The minimum absolute atomic E-state index is 0.258. The summed E-state index contributed by atoms with van der Waals surface area (Å²) in [4.78, 5) is 26.5. The van der Waals surface area contributed by atoms with Crippen molar-refractivity contribution in [3.05, 3.63) is 0 Å². The molecular weight excluding hydrogens is 254 g/mol. The van der Waals surface area contributed by atoms with Crippen LogP contribution in [0.4, 0.5) is 4.79 Å². The molecule has 0 aromatic carbocycles. The van der Waals surface area contributed by atoms with E-state index in [2.05, 4.69) is 10.2 Å². The average molecular weight is 273 g/mol. The van der Waals surface area contributed by atoms with Gasteiger partial charge in [0.25, 0.3) is 0 Å². The van der Waals surface area contributed by atoms with Gasteiger partial charge in [-0.3, -0.25) is 0 Å². The molecule has 102 valence electrons. The Hall–Kier alpha value is -0.950. The first-order valence-corrected chi connectivity index (χ1v) is 7.41. The molecule has 2 aliphatic rings. The third-order valence-electron chi connectivity index (χ3n) is 3.33. The van der Waals surface area contributed by atoms with Gasteiger partial charge in [0.05, 0.1) is 5.88 Å². The second-order valence-electron chi connectivity index (χ2n) is 4.60. The van der Waals surface area contributed by atoms with Gasteiger partial charge in [-0.1, -0.05) is 0 Å². The zero-order valence-electron chi connectivity index (χ0n) is 10.3. The first-order valence-electron chi connectivity index (χ1n) is 6.26. The Kier molecular flexibility index (Phi) is 4.71. The van der Waals surface area contributed by atoms with E-state index in [0.717, 1.165) is 19.6 Å². The molecule has 0 aromatic heterocycles. The second-order valence-corrected chi connectivity index (χ2v) is 5.60. The predicted octanol–water partition coefficient (Wildman–Crippen LogP) is 0.251. The lowest BCUT2D eigenvalue weighted by molar-refractivity contribution is -0.140. The van der Waals surface area contributed by atoms with Crippen molar-refractivity contribution in [3.63, 3.8) is 0 Å². The fraction of sp³-hybridized carbons (Fsp3) is 0.818. The Morgan fingerprint density at radius 1 is 1.33 bits per heavy atom. The lowest BCUT2D eigenvalue weighted by Crippen LogP contribution is -2.48. The van der Waals surface area contributed by atoms with E-state index in [1.165, 1.54) is 29.5 Å². The maximum atomic E-state index is 11.9. The Morgan fingerprint density at radius 3 is 2.72 bits per heavy atom. The number of hydrogen-bond donors (Lipinski definition) is 2. The summed E-state index contributed by atoms with van der Waals surface area (Å²) in [5.74, 6) is 0.0242. The monoisotopic (exact) mass is 273 g/mol. The van der Waals surface area contributed by atoms with Crippen molar-refractivity contribution >= 4 is 23.8 Å². The van der Waals surface area contributed by atoms with Gasteiger partial charge in [0, 0.05) is 18.8 Å². The summed E-state index contributed by atoms with van der Waals surface area (Å²) in [6.45, 7) is 3.65. The quantitative estimate of drug-likeness (QED) is 0.768. The van der Waals surface area contributed by atoms with E-state index in [-0.39, 0.29) is 6.03 Å². The van der Waals surface area contributed by atoms with Crippen LogP contribution in [-0.2, 0) is 4.79 Å². The van der Waals surface area contributed by atoms with E-state index in [1.807, 2.05) is 0 Å². The molecule has 18 heavy (non-hydrogen) atoms. The number of carboxylic acids is 1. The van der Waals surface area contributed by atoms with Crippen molar-refractivity contribution in [2.24, 2.45) is 0 Å². The number of rotatable bonds is 4. The van der Waals surface area contributed by atoms with Gasteiger partial charge in [-0.15, -0.1) is 11.8 Å². The first kappa shape index (κ1) is 13.5. The number of hydrogen-bond acceptors (Lipinski definition) is 4. The third kappa shape index (κ3) is 3.29. The number of nitrogens with zero attached hydrogens (tertiary/aromatic N) is 2. The van der Waals surface area contributed by atoms with E-state index in [4.69, 9.17) is 5.11 Å². The molecule has 6 nitrogen and oxygen atoms in total. The first-order chi connectivity index (χ1) is 8.68. The summed E-state index contributed by atoms with van der Waals surface area (Å²) >= 11 is 1.48. The van der Waals surface area contributed by atoms with Crippen LogP contribution in [0.3, 0.4) is 0 Å². The standard InChI is InChI=1S/C11H19N3O3S/c15-10(16)9-7-18-8-14(9)11(17)12-3-6-13-4-1-2-5-13/h9H,1-8H2,(H,12,17)(H,15,16)/t9-/m0/s1. The molecule has 0 aliphatic carbocycles. The summed E-state index contributed by atoms with van der Waals surface area (Å²) in [5.41, 5.74) is 0. The van der Waals surface area contributed by atoms with Crippen molar-refractivity contribution < 1.29 is 14.7 Å². The molecule has 7 heteroatoms. The average Bonchev–Trinajstić information content (AvgIpc) is 2.99. The van der Waals surface area contributed by atoms with Crippen LogP contribution in [0.1, 0.15) is 12.8 Å². The number of urea groups is 1.